The van der Waals surface area contributed by atoms with Gasteiger partial charge < -0.3 is 5.11 Å². The highest BCUT2D eigenvalue weighted by atomic mass is 79.9. The number of halogens is 1. The van der Waals surface area contributed by atoms with Gasteiger partial charge in [-0.05, 0) is 46.8 Å². The second kappa shape index (κ2) is 4.67. The van der Waals surface area contributed by atoms with Gasteiger partial charge in [0.1, 0.15) is 5.25 Å². The highest BCUT2D eigenvalue weighted by Crippen LogP contribution is 2.38. The van der Waals surface area contributed by atoms with Crippen molar-refractivity contribution in [1.29, 1.82) is 0 Å². The maximum atomic E-state index is 12.2. The summed E-state index contributed by atoms with van der Waals surface area (Å²) >= 11 is 3.30. The fourth-order valence-electron chi connectivity index (χ4n) is 1.61. The number of aliphatic carboxylic acids is 1. The predicted molar refractivity (Wildman–Crippen MR) is 64.7 cm³/mol. The maximum absolute atomic E-state index is 12.2. The number of carboxylic acid groups (broad SMARTS) is 1. The van der Waals surface area contributed by atoms with Crippen LogP contribution in [0.2, 0.25) is 0 Å². The van der Waals surface area contributed by atoms with Crippen molar-refractivity contribution < 1.29 is 14.1 Å². The van der Waals surface area contributed by atoms with Crippen molar-refractivity contribution in [2.45, 2.75) is 23.0 Å². The Balaban J connectivity index is 2.30. The van der Waals surface area contributed by atoms with E-state index >= 15 is 0 Å². The van der Waals surface area contributed by atoms with E-state index in [1.165, 1.54) is 0 Å². The van der Waals surface area contributed by atoms with Crippen molar-refractivity contribution in [2.75, 3.05) is 0 Å². The Morgan fingerprint density at radius 3 is 2.56 bits per heavy atom. The molecule has 0 aliphatic heterocycles. The van der Waals surface area contributed by atoms with Crippen molar-refractivity contribution in [3.63, 3.8) is 0 Å². The van der Waals surface area contributed by atoms with Gasteiger partial charge >= 0.3 is 5.97 Å². The summed E-state index contributed by atoms with van der Waals surface area (Å²) in [6, 6.07) is 7.07. The van der Waals surface area contributed by atoms with Crippen molar-refractivity contribution >= 4 is 32.7 Å². The lowest BCUT2D eigenvalue weighted by Crippen LogP contribution is -2.28. The summed E-state index contributed by atoms with van der Waals surface area (Å²) in [6.07, 6.45) is 1.74. The fraction of sp³-hybridized carbons (Fsp3) is 0.364. The Morgan fingerprint density at radius 1 is 1.44 bits per heavy atom. The van der Waals surface area contributed by atoms with Crippen molar-refractivity contribution in [3.8, 4) is 0 Å². The molecule has 0 amide bonds. The SMILES string of the molecule is O=C(O)C(C1CC1)S(=O)c1ccccc1Br. The molecule has 0 spiro atoms. The molecule has 1 aromatic carbocycles. The standard InChI is InChI=1S/C11H11BrO3S/c12-8-3-1-2-4-9(8)16(15)10(11(13)14)7-5-6-7/h1-4,7,10H,5-6H2,(H,13,14). The molecule has 1 aromatic rings. The number of rotatable bonds is 4. The van der Waals surface area contributed by atoms with Gasteiger partial charge in [-0.2, -0.15) is 0 Å². The van der Waals surface area contributed by atoms with Crippen molar-refractivity contribution in [2.24, 2.45) is 5.92 Å². The molecule has 0 heterocycles. The highest BCUT2D eigenvalue weighted by molar-refractivity contribution is 9.10. The summed E-state index contributed by atoms with van der Waals surface area (Å²) in [7, 11) is -1.48. The van der Waals surface area contributed by atoms with E-state index < -0.39 is 22.0 Å². The smallest absolute Gasteiger partial charge is 0.319 e. The first-order chi connectivity index (χ1) is 7.61. The van der Waals surface area contributed by atoms with Gasteiger partial charge in [0.2, 0.25) is 0 Å². The predicted octanol–water partition coefficient (Wildman–Crippen LogP) is 2.42. The molecule has 2 atom stereocenters. The van der Waals surface area contributed by atoms with Gasteiger partial charge in [-0.15, -0.1) is 0 Å². The van der Waals surface area contributed by atoms with E-state index in [-0.39, 0.29) is 5.92 Å². The zero-order chi connectivity index (χ0) is 11.7. The minimum Gasteiger partial charge on any atom is -0.480 e. The third kappa shape index (κ3) is 2.35. The molecular formula is C11H11BrO3S. The number of hydrogen-bond acceptors (Lipinski definition) is 2. The van der Waals surface area contributed by atoms with Crippen LogP contribution < -0.4 is 0 Å². The van der Waals surface area contributed by atoms with Crippen LogP contribution in [0.3, 0.4) is 0 Å². The van der Waals surface area contributed by atoms with E-state index in [0.29, 0.717) is 9.37 Å². The number of hydrogen-bond donors (Lipinski definition) is 1. The Kier molecular flexibility index (Phi) is 3.44. The van der Waals surface area contributed by atoms with Gasteiger partial charge in [-0.25, -0.2) is 0 Å². The first-order valence-electron chi connectivity index (χ1n) is 4.99. The summed E-state index contributed by atoms with van der Waals surface area (Å²) in [5, 5.41) is 8.33. The second-order valence-electron chi connectivity index (χ2n) is 3.82. The van der Waals surface area contributed by atoms with Gasteiger partial charge in [0, 0.05) is 4.47 Å². The van der Waals surface area contributed by atoms with E-state index in [4.69, 9.17) is 5.11 Å². The van der Waals surface area contributed by atoms with Crippen LogP contribution in [0.1, 0.15) is 12.8 Å². The van der Waals surface area contributed by atoms with Crippen LogP contribution in [0.5, 0.6) is 0 Å². The molecular weight excluding hydrogens is 292 g/mol. The Labute approximate surface area is 104 Å². The van der Waals surface area contributed by atoms with E-state index in [0.717, 1.165) is 12.8 Å². The molecule has 2 unspecified atom stereocenters. The molecule has 0 radical (unpaired) electrons. The van der Waals surface area contributed by atoms with Crippen LogP contribution in [-0.4, -0.2) is 20.5 Å². The van der Waals surface area contributed by atoms with Crippen LogP contribution >= 0.6 is 15.9 Å². The van der Waals surface area contributed by atoms with Crippen LogP contribution in [0.4, 0.5) is 0 Å². The van der Waals surface area contributed by atoms with Crippen molar-refractivity contribution in [3.05, 3.63) is 28.7 Å². The van der Waals surface area contributed by atoms with E-state index in [1.54, 1.807) is 18.2 Å². The van der Waals surface area contributed by atoms with E-state index in [9.17, 15) is 9.00 Å². The molecule has 0 saturated heterocycles. The third-order valence-electron chi connectivity index (χ3n) is 2.58. The van der Waals surface area contributed by atoms with E-state index in [1.807, 2.05) is 6.07 Å². The van der Waals surface area contributed by atoms with Gasteiger partial charge in [0.05, 0.1) is 15.7 Å². The molecule has 3 nitrogen and oxygen atoms in total. The largest absolute Gasteiger partial charge is 0.480 e. The van der Waals surface area contributed by atoms with Gasteiger partial charge in [0.25, 0.3) is 0 Å². The molecule has 1 fully saturated rings. The molecule has 86 valence electrons. The average Bonchev–Trinajstić information content (AvgIpc) is 3.02. The Hall–Kier alpha value is -0.680. The van der Waals surface area contributed by atoms with E-state index in [2.05, 4.69) is 15.9 Å². The van der Waals surface area contributed by atoms with Gasteiger partial charge in [0.15, 0.2) is 0 Å². The molecule has 0 aromatic heterocycles. The highest BCUT2D eigenvalue weighted by Gasteiger charge is 2.41. The van der Waals surface area contributed by atoms with Gasteiger partial charge in [-0.1, -0.05) is 12.1 Å². The molecule has 5 heteroatoms. The second-order valence-corrected chi connectivity index (χ2v) is 6.22. The quantitative estimate of drug-likeness (QED) is 0.929. The zero-order valence-corrected chi connectivity index (χ0v) is 10.8. The fourth-order valence-corrected chi connectivity index (χ4v) is 3.93. The molecule has 1 aliphatic rings. The lowest BCUT2D eigenvalue weighted by Gasteiger charge is -2.12. The third-order valence-corrected chi connectivity index (χ3v) is 5.37. The molecule has 16 heavy (non-hydrogen) atoms. The lowest BCUT2D eigenvalue weighted by atomic mass is 10.3. The minimum atomic E-state index is -1.48. The minimum absolute atomic E-state index is 0.0745. The molecule has 2 rings (SSSR count). The molecule has 1 aliphatic carbocycles. The summed E-state index contributed by atoms with van der Waals surface area (Å²) < 4.78 is 12.9. The Morgan fingerprint density at radius 2 is 2.06 bits per heavy atom. The van der Waals surface area contributed by atoms with Crippen LogP contribution in [0.25, 0.3) is 0 Å². The number of carbonyl (C=O) groups is 1. The maximum Gasteiger partial charge on any atom is 0.319 e. The first kappa shape index (κ1) is 11.8. The van der Waals surface area contributed by atoms with Crippen LogP contribution in [-0.2, 0) is 15.6 Å². The molecule has 1 saturated carbocycles. The molecule has 0 bridgehead atoms. The summed E-state index contributed by atoms with van der Waals surface area (Å²) in [6.45, 7) is 0. The lowest BCUT2D eigenvalue weighted by molar-refractivity contribution is -0.136. The van der Waals surface area contributed by atoms with Crippen LogP contribution in [0, 0.1) is 5.92 Å². The van der Waals surface area contributed by atoms with Crippen LogP contribution in [0.15, 0.2) is 33.6 Å². The van der Waals surface area contributed by atoms with Crippen molar-refractivity contribution in [1.82, 2.24) is 0 Å². The topological polar surface area (TPSA) is 54.4 Å². The Bertz CT molecular complexity index is 443. The summed E-state index contributed by atoms with van der Waals surface area (Å²) in [4.78, 5) is 11.7. The normalized spacial score (nSPS) is 19.1. The van der Waals surface area contributed by atoms with Gasteiger partial charge in [-0.3, -0.25) is 9.00 Å². The summed E-state index contributed by atoms with van der Waals surface area (Å²) in [5.41, 5.74) is 0. The molecule has 1 N–H and O–H groups in total. The monoisotopic (exact) mass is 302 g/mol. The number of carboxylic acids is 1. The zero-order valence-electron chi connectivity index (χ0n) is 8.43. The number of benzene rings is 1. The first-order valence-corrected chi connectivity index (χ1v) is 7.00. The average molecular weight is 303 g/mol. The summed E-state index contributed by atoms with van der Waals surface area (Å²) in [5.74, 6) is -0.887.